The molecule has 3 fully saturated rings. The second-order valence-electron chi connectivity index (χ2n) is 6.79. The van der Waals surface area contributed by atoms with Crippen molar-refractivity contribution in [3.63, 3.8) is 0 Å². The van der Waals surface area contributed by atoms with Gasteiger partial charge in [0, 0.05) is 12.1 Å². The Morgan fingerprint density at radius 2 is 1.95 bits per heavy atom. The molecule has 3 aliphatic rings. The first-order valence-electron chi connectivity index (χ1n) is 7.86. The van der Waals surface area contributed by atoms with Crippen molar-refractivity contribution in [1.29, 1.82) is 0 Å². The summed E-state index contributed by atoms with van der Waals surface area (Å²) >= 11 is 0. The number of rotatable bonds is 4. The van der Waals surface area contributed by atoms with E-state index < -0.39 is 0 Å². The molecule has 1 heterocycles. The number of aromatic nitrogens is 2. The Hall–Kier alpha value is -1.12. The predicted molar refractivity (Wildman–Crippen MR) is 72.8 cm³/mol. The number of hydrogen-bond donors (Lipinski definition) is 0. The maximum atomic E-state index is 12.3. The summed E-state index contributed by atoms with van der Waals surface area (Å²) in [5.74, 6) is 2.57. The number of hydrogen-bond acceptors (Lipinski definition) is 2. The first-order chi connectivity index (χ1) is 9.29. The second-order valence-corrected chi connectivity index (χ2v) is 6.79. The van der Waals surface area contributed by atoms with Crippen LogP contribution >= 0.6 is 0 Å². The van der Waals surface area contributed by atoms with E-state index in [0.717, 1.165) is 30.4 Å². The lowest BCUT2D eigenvalue weighted by molar-refractivity contribution is -0.122. The quantitative estimate of drug-likeness (QED) is 0.831. The number of ketones is 1. The number of carbonyl (C=O) groups excluding carboxylic acids is 1. The molecule has 0 spiro atoms. The van der Waals surface area contributed by atoms with Crippen LogP contribution in [0.25, 0.3) is 0 Å². The van der Waals surface area contributed by atoms with Crippen molar-refractivity contribution in [1.82, 2.24) is 9.78 Å². The molecule has 3 saturated carbocycles. The Morgan fingerprint density at radius 1 is 1.21 bits per heavy atom. The Labute approximate surface area is 114 Å². The van der Waals surface area contributed by atoms with Gasteiger partial charge in [0.15, 0.2) is 0 Å². The minimum Gasteiger partial charge on any atom is -0.299 e. The topological polar surface area (TPSA) is 34.9 Å². The molecule has 0 amide bonds. The summed E-state index contributed by atoms with van der Waals surface area (Å²) < 4.78 is 2.10. The molecule has 0 saturated heterocycles. The third kappa shape index (κ3) is 2.24. The van der Waals surface area contributed by atoms with Crippen LogP contribution in [0.5, 0.6) is 0 Å². The average Bonchev–Trinajstić information content (AvgIpc) is 2.91. The van der Waals surface area contributed by atoms with Gasteiger partial charge in [-0.3, -0.25) is 9.48 Å². The van der Waals surface area contributed by atoms with E-state index >= 15 is 0 Å². The van der Waals surface area contributed by atoms with Crippen molar-refractivity contribution in [2.45, 2.75) is 57.4 Å². The van der Waals surface area contributed by atoms with Gasteiger partial charge in [-0.15, -0.1) is 0 Å². The van der Waals surface area contributed by atoms with Crippen LogP contribution in [-0.4, -0.2) is 15.6 Å². The second kappa shape index (κ2) is 4.46. The molecule has 19 heavy (non-hydrogen) atoms. The van der Waals surface area contributed by atoms with E-state index in [2.05, 4.69) is 16.0 Å². The summed E-state index contributed by atoms with van der Waals surface area (Å²) in [6, 6.07) is 2.63. The van der Waals surface area contributed by atoms with Crippen LogP contribution in [0, 0.1) is 17.8 Å². The Bertz CT molecular complexity index is 477. The van der Waals surface area contributed by atoms with E-state index in [1.54, 1.807) is 0 Å². The monoisotopic (exact) mass is 258 g/mol. The number of Topliss-reactive ketones (excluding diaryl/α,β-unsaturated/α-hetero) is 1. The van der Waals surface area contributed by atoms with E-state index in [9.17, 15) is 4.79 Å². The molecule has 0 aromatic carbocycles. The van der Waals surface area contributed by atoms with Crippen LogP contribution in [0.4, 0.5) is 0 Å². The Morgan fingerprint density at radius 3 is 2.68 bits per heavy atom. The van der Waals surface area contributed by atoms with Crippen molar-refractivity contribution < 1.29 is 4.79 Å². The standard InChI is InChI=1S/C16H22N2O/c19-16(13-8-11-7-12(11)9-13)10-14-5-6-18(17-14)15-3-1-2-4-15/h5-6,11-13,15H,1-4,7-10H2. The Balaban J connectivity index is 1.38. The van der Waals surface area contributed by atoms with Crippen LogP contribution in [0.1, 0.15) is 56.7 Å². The van der Waals surface area contributed by atoms with Gasteiger partial charge in [-0.05, 0) is 50.0 Å². The molecule has 2 atom stereocenters. The largest absolute Gasteiger partial charge is 0.299 e. The highest BCUT2D eigenvalue weighted by Gasteiger charge is 2.47. The summed E-state index contributed by atoms with van der Waals surface area (Å²) in [6.07, 6.45) is 11.5. The van der Waals surface area contributed by atoms with Crippen molar-refractivity contribution in [3.05, 3.63) is 18.0 Å². The van der Waals surface area contributed by atoms with Crippen LogP contribution in [0.15, 0.2) is 12.3 Å². The van der Waals surface area contributed by atoms with Gasteiger partial charge in [-0.25, -0.2) is 0 Å². The van der Waals surface area contributed by atoms with E-state index in [1.165, 1.54) is 32.1 Å². The molecule has 3 aliphatic carbocycles. The lowest BCUT2D eigenvalue weighted by Gasteiger charge is -2.10. The van der Waals surface area contributed by atoms with Gasteiger partial charge < -0.3 is 0 Å². The highest BCUT2D eigenvalue weighted by Crippen LogP contribution is 2.54. The highest BCUT2D eigenvalue weighted by atomic mass is 16.1. The molecular weight excluding hydrogens is 236 g/mol. The fourth-order valence-corrected chi connectivity index (χ4v) is 4.14. The lowest BCUT2D eigenvalue weighted by Crippen LogP contribution is -2.16. The molecule has 2 unspecified atom stereocenters. The number of fused-ring (bicyclic) bond motifs is 1. The molecule has 0 bridgehead atoms. The van der Waals surface area contributed by atoms with E-state index in [0.29, 0.717) is 24.2 Å². The minimum atomic E-state index is 0.348. The normalized spacial score (nSPS) is 33.6. The molecule has 3 nitrogen and oxygen atoms in total. The number of carbonyl (C=O) groups is 1. The minimum absolute atomic E-state index is 0.348. The van der Waals surface area contributed by atoms with Gasteiger partial charge in [0.2, 0.25) is 0 Å². The zero-order valence-corrected chi connectivity index (χ0v) is 11.4. The van der Waals surface area contributed by atoms with Crippen molar-refractivity contribution in [2.24, 2.45) is 17.8 Å². The van der Waals surface area contributed by atoms with Crippen molar-refractivity contribution >= 4 is 5.78 Å². The van der Waals surface area contributed by atoms with Gasteiger partial charge >= 0.3 is 0 Å². The van der Waals surface area contributed by atoms with Gasteiger partial charge in [-0.2, -0.15) is 5.10 Å². The molecule has 102 valence electrons. The van der Waals surface area contributed by atoms with Crippen LogP contribution in [0.2, 0.25) is 0 Å². The zero-order valence-electron chi connectivity index (χ0n) is 11.4. The van der Waals surface area contributed by atoms with Gasteiger partial charge in [-0.1, -0.05) is 12.8 Å². The Kier molecular flexibility index (Phi) is 2.75. The van der Waals surface area contributed by atoms with Crippen LogP contribution in [0.3, 0.4) is 0 Å². The molecular formula is C16H22N2O. The maximum absolute atomic E-state index is 12.3. The molecule has 0 radical (unpaired) electrons. The molecule has 3 heteroatoms. The first-order valence-corrected chi connectivity index (χ1v) is 7.86. The van der Waals surface area contributed by atoms with Gasteiger partial charge in [0.1, 0.15) is 5.78 Å². The zero-order chi connectivity index (χ0) is 12.8. The fourth-order valence-electron chi connectivity index (χ4n) is 4.14. The molecule has 4 rings (SSSR count). The fraction of sp³-hybridized carbons (Fsp3) is 0.750. The van der Waals surface area contributed by atoms with E-state index in [1.807, 2.05) is 6.07 Å². The highest BCUT2D eigenvalue weighted by molar-refractivity contribution is 5.83. The lowest BCUT2D eigenvalue weighted by atomic mass is 9.95. The summed E-state index contributed by atoms with van der Waals surface area (Å²) in [5, 5.41) is 4.63. The predicted octanol–water partition coefficient (Wildman–Crippen LogP) is 3.16. The van der Waals surface area contributed by atoms with Gasteiger partial charge in [0.25, 0.3) is 0 Å². The van der Waals surface area contributed by atoms with E-state index in [4.69, 9.17) is 0 Å². The maximum Gasteiger partial charge on any atom is 0.141 e. The van der Waals surface area contributed by atoms with Crippen molar-refractivity contribution in [3.8, 4) is 0 Å². The first kappa shape index (κ1) is 11.7. The van der Waals surface area contributed by atoms with Crippen molar-refractivity contribution in [2.75, 3.05) is 0 Å². The van der Waals surface area contributed by atoms with Crippen LogP contribution < -0.4 is 0 Å². The molecule has 1 aromatic rings. The average molecular weight is 258 g/mol. The third-order valence-corrected chi connectivity index (χ3v) is 5.42. The van der Waals surface area contributed by atoms with Gasteiger partial charge in [0.05, 0.1) is 18.2 Å². The molecule has 1 aromatic heterocycles. The van der Waals surface area contributed by atoms with E-state index in [-0.39, 0.29) is 0 Å². The third-order valence-electron chi connectivity index (χ3n) is 5.42. The molecule has 0 aliphatic heterocycles. The summed E-state index contributed by atoms with van der Waals surface area (Å²) in [5.41, 5.74) is 0.984. The number of nitrogens with zero attached hydrogens (tertiary/aromatic N) is 2. The molecule has 0 N–H and O–H groups in total. The summed E-state index contributed by atoms with van der Waals surface area (Å²) in [4.78, 5) is 12.3. The van der Waals surface area contributed by atoms with Crippen LogP contribution in [-0.2, 0) is 11.2 Å². The smallest absolute Gasteiger partial charge is 0.141 e. The summed E-state index contributed by atoms with van der Waals surface area (Å²) in [6.45, 7) is 0. The SMILES string of the molecule is O=C(Cc1ccn(C2CCCC2)n1)C1CC2CC2C1. The summed E-state index contributed by atoms with van der Waals surface area (Å²) in [7, 11) is 0.